The third-order valence-electron chi connectivity index (χ3n) is 1.38. The number of carboxylic acid groups (broad SMARTS) is 1. The quantitative estimate of drug-likeness (QED) is 0.569. The van der Waals surface area contributed by atoms with E-state index in [2.05, 4.69) is 4.74 Å². The zero-order valence-electron chi connectivity index (χ0n) is 7.30. The van der Waals surface area contributed by atoms with Crippen LogP contribution in [0.25, 0.3) is 0 Å². The van der Waals surface area contributed by atoms with E-state index < -0.39 is 24.2 Å². The maximum absolute atomic E-state index is 11.5. The summed E-state index contributed by atoms with van der Waals surface area (Å²) >= 11 is 0. The van der Waals surface area contributed by atoms with E-state index in [0.717, 1.165) is 0 Å². The van der Waals surface area contributed by atoms with Crippen LogP contribution < -0.4 is 0 Å². The largest absolute Gasteiger partial charge is 0.575 e. The minimum Gasteiger partial charge on any atom is -0.481 e. The van der Waals surface area contributed by atoms with Gasteiger partial charge in [-0.1, -0.05) is 13.3 Å². The Hall–Kier alpha value is -1.27. The lowest BCUT2D eigenvalue weighted by atomic mass is 10.1. The molecule has 0 amide bonds. The topological polar surface area (TPSA) is 63.6 Å². The maximum Gasteiger partial charge on any atom is 0.575 e. The second kappa shape index (κ2) is 4.83. The number of carbonyl (C=O) groups is 2. The fourth-order valence-electron chi connectivity index (χ4n) is 0.816. The molecule has 0 saturated carbocycles. The first kappa shape index (κ1) is 12.7. The normalized spacial score (nSPS) is 13.4. The molecule has 7 heteroatoms. The summed E-state index contributed by atoms with van der Waals surface area (Å²) in [7, 11) is 0. The highest BCUT2D eigenvalue weighted by Gasteiger charge is 2.38. The van der Waals surface area contributed by atoms with Crippen LogP contribution in [0.3, 0.4) is 0 Å². The SMILES string of the molecule is CCCC(C(=O)O)C(=O)OC(F)(F)F. The molecule has 1 unspecified atom stereocenters. The van der Waals surface area contributed by atoms with E-state index in [9.17, 15) is 22.8 Å². The third kappa shape index (κ3) is 4.68. The van der Waals surface area contributed by atoms with E-state index in [-0.39, 0.29) is 12.8 Å². The first-order chi connectivity index (χ1) is 6.28. The Morgan fingerprint density at radius 3 is 2.21 bits per heavy atom. The molecular formula is C7H9F3O4. The van der Waals surface area contributed by atoms with Crippen LogP contribution in [-0.2, 0) is 14.3 Å². The van der Waals surface area contributed by atoms with E-state index >= 15 is 0 Å². The average Bonchev–Trinajstić information content (AvgIpc) is 1.95. The van der Waals surface area contributed by atoms with Gasteiger partial charge >= 0.3 is 18.3 Å². The smallest absolute Gasteiger partial charge is 0.481 e. The number of aliphatic carboxylic acids is 1. The summed E-state index contributed by atoms with van der Waals surface area (Å²) < 4.78 is 37.6. The lowest BCUT2D eigenvalue weighted by Crippen LogP contribution is -2.30. The van der Waals surface area contributed by atoms with E-state index in [1.54, 1.807) is 6.92 Å². The minimum atomic E-state index is -5.13. The van der Waals surface area contributed by atoms with Crippen molar-refractivity contribution >= 4 is 11.9 Å². The third-order valence-corrected chi connectivity index (χ3v) is 1.38. The molecule has 14 heavy (non-hydrogen) atoms. The lowest BCUT2D eigenvalue weighted by molar-refractivity contribution is -0.307. The van der Waals surface area contributed by atoms with Gasteiger partial charge in [-0.15, -0.1) is 13.2 Å². The molecule has 0 aromatic heterocycles. The van der Waals surface area contributed by atoms with Crippen LogP contribution in [0.1, 0.15) is 19.8 Å². The van der Waals surface area contributed by atoms with Crippen LogP contribution in [0.15, 0.2) is 0 Å². The molecule has 1 N–H and O–H groups in total. The second-order valence-corrected chi connectivity index (χ2v) is 2.55. The molecule has 0 fully saturated rings. The van der Waals surface area contributed by atoms with Crippen molar-refractivity contribution in [2.75, 3.05) is 0 Å². The van der Waals surface area contributed by atoms with Gasteiger partial charge in [0.1, 0.15) is 0 Å². The van der Waals surface area contributed by atoms with Crippen molar-refractivity contribution in [3.63, 3.8) is 0 Å². The van der Waals surface area contributed by atoms with Crippen LogP contribution in [0.5, 0.6) is 0 Å². The fourth-order valence-corrected chi connectivity index (χ4v) is 0.816. The van der Waals surface area contributed by atoms with Gasteiger partial charge in [0.15, 0.2) is 5.92 Å². The Balaban J connectivity index is 4.38. The van der Waals surface area contributed by atoms with E-state index in [0.29, 0.717) is 0 Å². The van der Waals surface area contributed by atoms with Crippen molar-refractivity contribution < 1.29 is 32.6 Å². The summed E-state index contributed by atoms with van der Waals surface area (Å²) in [6.07, 6.45) is -5.02. The highest BCUT2D eigenvalue weighted by molar-refractivity contribution is 5.93. The number of halogens is 3. The van der Waals surface area contributed by atoms with E-state index in [4.69, 9.17) is 5.11 Å². The van der Waals surface area contributed by atoms with Crippen molar-refractivity contribution in [1.82, 2.24) is 0 Å². The Bertz CT molecular complexity index is 223. The predicted molar refractivity (Wildman–Crippen MR) is 38.2 cm³/mol. The van der Waals surface area contributed by atoms with Gasteiger partial charge in [0.2, 0.25) is 0 Å². The number of ether oxygens (including phenoxy) is 1. The lowest BCUT2D eigenvalue weighted by Gasteiger charge is -2.12. The molecule has 0 saturated heterocycles. The minimum absolute atomic E-state index is 0.176. The molecule has 0 aromatic carbocycles. The fraction of sp³-hybridized carbons (Fsp3) is 0.714. The molecule has 82 valence electrons. The molecule has 0 radical (unpaired) electrons. The Labute approximate surface area is 77.7 Å². The zero-order chi connectivity index (χ0) is 11.4. The first-order valence-corrected chi connectivity index (χ1v) is 3.80. The Kier molecular flexibility index (Phi) is 4.39. The Morgan fingerprint density at radius 2 is 1.93 bits per heavy atom. The summed E-state index contributed by atoms with van der Waals surface area (Å²) in [5.41, 5.74) is 0. The van der Waals surface area contributed by atoms with Crippen LogP contribution >= 0.6 is 0 Å². The monoisotopic (exact) mass is 214 g/mol. The molecule has 0 spiro atoms. The zero-order valence-corrected chi connectivity index (χ0v) is 7.30. The van der Waals surface area contributed by atoms with Gasteiger partial charge in [-0.05, 0) is 6.42 Å². The highest BCUT2D eigenvalue weighted by Crippen LogP contribution is 2.20. The van der Waals surface area contributed by atoms with E-state index in [1.165, 1.54) is 0 Å². The van der Waals surface area contributed by atoms with Crippen molar-refractivity contribution in [2.45, 2.75) is 26.1 Å². The molecule has 4 nitrogen and oxygen atoms in total. The molecule has 1 atom stereocenters. The van der Waals surface area contributed by atoms with Gasteiger partial charge in [-0.2, -0.15) is 0 Å². The van der Waals surface area contributed by atoms with Crippen LogP contribution in [0.4, 0.5) is 13.2 Å². The van der Waals surface area contributed by atoms with Gasteiger partial charge in [0.25, 0.3) is 0 Å². The average molecular weight is 214 g/mol. The second-order valence-electron chi connectivity index (χ2n) is 2.55. The summed E-state index contributed by atoms with van der Waals surface area (Å²) in [6, 6.07) is 0. The van der Waals surface area contributed by atoms with Gasteiger partial charge in [0, 0.05) is 0 Å². The van der Waals surface area contributed by atoms with E-state index in [1.807, 2.05) is 0 Å². The highest BCUT2D eigenvalue weighted by atomic mass is 19.4. The standard InChI is InChI=1S/C7H9F3O4/c1-2-3-4(5(11)12)6(13)14-7(8,9)10/h4H,2-3H2,1H3,(H,11,12). The van der Waals surface area contributed by atoms with Crippen LogP contribution in [0, 0.1) is 5.92 Å². The molecule has 0 aliphatic heterocycles. The molecule has 0 aliphatic rings. The first-order valence-electron chi connectivity index (χ1n) is 3.80. The number of hydrogen-bond donors (Lipinski definition) is 1. The van der Waals surface area contributed by atoms with Gasteiger partial charge in [0.05, 0.1) is 0 Å². The van der Waals surface area contributed by atoms with Gasteiger partial charge in [-0.3, -0.25) is 9.59 Å². The van der Waals surface area contributed by atoms with Crippen LogP contribution in [0.2, 0.25) is 0 Å². The van der Waals surface area contributed by atoms with Crippen molar-refractivity contribution in [3.05, 3.63) is 0 Å². The number of esters is 1. The molecular weight excluding hydrogens is 205 g/mol. The number of carboxylic acids is 1. The predicted octanol–water partition coefficient (Wildman–Crippen LogP) is 1.55. The number of alkyl halides is 3. The number of rotatable bonds is 4. The van der Waals surface area contributed by atoms with Crippen LogP contribution in [-0.4, -0.2) is 23.4 Å². The Morgan fingerprint density at radius 1 is 1.43 bits per heavy atom. The van der Waals surface area contributed by atoms with Gasteiger partial charge in [-0.25, -0.2) is 0 Å². The van der Waals surface area contributed by atoms with Crippen molar-refractivity contribution in [2.24, 2.45) is 5.92 Å². The molecule has 0 aliphatic carbocycles. The number of carbonyl (C=O) groups excluding carboxylic acids is 1. The molecule has 0 rings (SSSR count). The van der Waals surface area contributed by atoms with Gasteiger partial charge < -0.3 is 9.84 Å². The molecule has 0 bridgehead atoms. The number of hydrogen-bond acceptors (Lipinski definition) is 3. The maximum atomic E-state index is 11.5. The molecule has 0 heterocycles. The summed E-state index contributed by atoms with van der Waals surface area (Å²) in [6.45, 7) is 1.55. The molecule has 0 aromatic rings. The van der Waals surface area contributed by atoms with Crippen molar-refractivity contribution in [3.8, 4) is 0 Å². The summed E-state index contributed by atoms with van der Waals surface area (Å²) in [4.78, 5) is 21.0. The van der Waals surface area contributed by atoms with Crippen molar-refractivity contribution in [1.29, 1.82) is 0 Å². The summed E-state index contributed by atoms with van der Waals surface area (Å²) in [5, 5.41) is 8.40. The summed E-state index contributed by atoms with van der Waals surface area (Å²) in [5.74, 6) is -5.13.